The van der Waals surface area contributed by atoms with Crippen molar-refractivity contribution in [2.45, 2.75) is 12.8 Å². The van der Waals surface area contributed by atoms with Crippen LogP contribution in [-0.2, 0) is 9.59 Å². The Bertz CT molecular complexity index is 672. The van der Waals surface area contributed by atoms with Gasteiger partial charge in [0.1, 0.15) is 6.29 Å². The summed E-state index contributed by atoms with van der Waals surface area (Å²) in [6.07, 6.45) is 2.25. The molecule has 0 spiro atoms. The van der Waals surface area contributed by atoms with Crippen LogP contribution in [0.1, 0.15) is 29.5 Å². The van der Waals surface area contributed by atoms with Crippen molar-refractivity contribution < 1.29 is 14.7 Å². The summed E-state index contributed by atoms with van der Waals surface area (Å²) in [5.74, 6) is -1.45. The molecule has 1 atom stereocenters. The van der Waals surface area contributed by atoms with Crippen molar-refractivity contribution >= 4 is 17.8 Å². The van der Waals surface area contributed by atoms with Crippen molar-refractivity contribution in [1.29, 1.82) is 0 Å². The van der Waals surface area contributed by atoms with Crippen LogP contribution >= 0.6 is 0 Å². The zero-order chi connectivity index (χ0) is 15.2. The van der Waals surface area contributed by atoms with E-state index in [4.69, 9.17) is 5.11 Å². The van der Waals surface area contributed by atoms with Gasteiger partial charge in [-0.15, -0.1) is 0 Å². The molecule has 0 radical (unpaired) electrons. The molecular weight excluding hydrogens is 264 g/mol. The van der Waals surface area contributed by atoms with E-state index in [9.17, 15) is 9.59 Å². The molecule has 0 saturated heterocycles. The van der Waals surface area contributed by atoms with E-state index in [0.29, 0.717) is 5.56 Å². The number of carboxylic acid groups (broad SMARTS) is 1. The summed E-state index contributed by atoms with van der Waals surface area (Å²) < 4.78 is 0. The summed E-state index contributed by atoms with van der Waals surface area (Å²) >= 11 is 0. The first-order valence-corrected chi connectivity index (χ1v) is 6.67. The molecule has 0 aliphatic heterocycles. The lowest BCUT2D eigenvalue weighted by atomic mass is 9.93. The molecule has 1 N–H and O–H groups in total. The monoisotopic (exact) mass is 280 g/mol. The molecule has 21 heavy (non-hydrogen) atoms. The second kappa shape index (κ2) is 6.66. The molecule has 0 bridgehead atoms. The first kappa shape index (κ1) is 14.7. The van der Waals surface area contributed by atoms with E-state index in [-0.39, 0.29) is 0 Å². The fourth-order valence-electron chi connectivity index (χ4n) is 2.16. The molecule has 0 fully saturated rings. The fraction of sp³-hybridized carbons (Fsp3) is 0.111. The molecule has 0 aliphatic rings. The normalized spacial score (nSPS) is 12.7. The number of carboxylic acids is 1. The van der Waals surface area contributed by atoms with Crippen LogP contribution in [-0.4, -0.2) is 17.4 Å². The molecular formula is C18H16O3. The molecule has 2 aromatic carbocycles. The van der Waals surface area contributed by atoms with Crippen molar-refractivity contribution in [3.8, 4) is 0 Å². The van der Waals surface area contributed by atoms with E-state index in [1.165, 1.54) is 6.08 Å². The molecule has 0 saturated carbocycles. The number of hydrogen-bond acceptors (Lipinski definition) is 2. The second-order valence-corrected chi connectivity index (χ2v) is 4.77. The summed E-state index contributed by atoms with van der Waals surface area (Å²) in [5, 5.41) is 9.11. The molecule has 0 aliphatic carbocycles. The molecule has 0 aromatic heterocycles. The van der Waals surface area contributed by atoms with Crippen LogP contribution in [0.5, 0.6) is 0 Å². The minimum absolute atomic E-state index is 0.585. The third-order valence-corrected chi connectivity index (χ3v) is 3.39. The number of aliphatic carboxylic acids is 1. The number of allylic oxidation sites excluding steroid dienone is 1. The van der Waals surface area contributed by atoms with Crippen LogP contribution in [0, 0.1) is 0 Å². The number of hydrogen-bond donors (Lipinski definition) is 1. The minimum atomic E-state index is -0.868. The third-order valence-electron chi connectivity index (χ3n) is 3.39. The smallest absolute Gasteiger partial charge is 0.310 e. The maximum Gasteiger partial charge on any atom is 0.310 e. The van der Waals surface area contributed by atoms with Crippen LogP contribution in [0.4, 0.5) is 0 Å². The van der Waals surface area contributed by atoms with Gasteiger partial charge in [-0.2, -0.15) is 0 Å². The van der Waals surface area contributed by atoms with Gasteiger partial charge in [0.25, 0.3) is 0 Å². The lowest BCUT2D eigenvalue weighted by Crippen LogP contribution is -2.07. The van der Waals surface area contributed by atoms with E-state index in [0.717, 1.165) is 23.0 Å². The highest BCUT2D eigenvalue weighted by molar-refractivity contribution is 5.90. The molecule has 106 valence electrons. The SMILES string of the molecule is CC(C(=O)O)c1cccc(/C(=C\C=O)c2ccccc2)c1. The van der Waals surface area contributed by atoms with E-state index in [1.54, 1.807) is 13.0 Å². The van der Waals surface area contributed by atoms with Gasteiger partial charge in [-0.1, -0.05) is 54.6 Å². The highest BCUT2D eigenvalue weighted by Crippen LogP contribution is 2.26. The predicted molar refractivity (Wildman–Crippen MR) is 82.1 cm³/mol. The van der Waals surface area contributed by atoms with Crippen molar-refractivity contribution in [1.82, 2.24) is 0 Å². The third kappa shape index (κ3) is 3.45. The minimum Gasteiger partial charge on any atom is -0.481 e. The summed E-state index contributed by atoms with van der Waals surface area (Å²) in [7, 11) is 0. The highest BCUT2D eigenvalue weighted by atomic mass is 16.4. The number of carbonyl (C=O) groups is 2. The first-order chi connectivity index (χ1) is 10.1. The molecule has 0 amide bonds. The van der Waals surface area contributed by atoms with Gasteiger partial charge in [-0.25, -0.2) is 0 Å². The Kier molecular flexibility index (Phi) is 4.67. The Morgan fingerprint density at radius 3 is 2.33 bits per heavy atom. The summed E-state index contributed by atoms with van der Waals surface area (Å²) in [6.45, 7) is 1.65. The molecule has 2 rings (SSSR count). The number of rotatable bonds is 5. The van der Waals surface area contributed by atoms with Crippen molar-refractivity contribution in [2.75, 3.05) is 0 Å². The average Bonchev–Trinajstić information content (AvgIpc) is 2.52. The fourth-order valence-corrected chi connectivity index (χ4v) is 2.16. The summed E-state index contributed by atoms with van der Waals surface area (Å²) in [5.41, 5.74) is 3.25. The van der Waals surface area contributed by atoms with E-state index < -0.39 is 11.9 Å². The van der Waals surface area contributed by atoms with E-state index in [2.05, 4.69) is 0 Å². The molecule has 1 unspecified atom stereocenters. The molecule has 0 heterocycles. The summed E-state index contributed by atoms with van der Waals surface area (Å²) in [6, 6.07) is 16.8. The van der Waals surface area contributed by atoms with Crippen LogP contribution in [0.2, 0.25) is 0 Å². The van der Waals surface area contributed by atoms with Gasteiger partial charge in [0.05, 0.1) is 5.92 Å². The zero-order valence-corrected chi connectivity index (χ0v) is 11.7. The van der Waals surface area contributed by atoms with E-state index >= 15 is 0 Å². The average molecular weight is 280 g/mol. The number of benzene rings is 2. The van der Waals surface area contributed by atoms with Crippen LogP contribution < -0.4 is 0 Å². The first-order valence-electron chi connectivity index (χ1n) is 6.67. The Balaban J connectivity index is 2.48. The van der Waals surface area contributed by atoms with Crippen LogP contribution in [0.25, 0.3) is 5.57 Å². The van der Waals surface area contributed by atoms with E-state index in [1.807, 2.05) is 48.5 Å². The second-order valence-electron chi connectivity index (χ2n) is 4.77. The quantitative estimate of drug-likeness (QED) is 0.673. The van der Waals surface area contributed by atoms with Gasteiger partial charge < -0.3 is 5.11 Å². The molecule has 2 aromatic rings. The Morgan fingerprint density at radius 2 is 1.71 bits per heavy atom. The maximum atomic E-state index is 11.1. The van der Waals surface area contributed by atoms with Gasteiger partial charge in [-0.05, 0) is 35.3 Å². The zero-order valence-electron chi connectivity index (χ0n) is 11.7. The Labute approximate surface area is 123 Å². The number of aldehydes is 1. The van der Waals surface area contributed by atoms with Gasteiger partial charge in [0.15, 0.2) is 0 Å². The largest absolute Gasteiger partial charge is 0.481 e. The standard InChI is InChI=1S/C18H16O3/c1-13(18(20)21)15-8-5-9-16(12-15)17(10-11-19)14-6-3-2-4-7-14/h2-13H,1H3,(H,20,21)/b17-10-. The van der Waals surface area contributed by atoms with Gasteiger partial charge >= 0.3 is 5.97 Å². The number of carbonyl (C=O) groups excluding carboxylic acids is 1. The lowest BCUT2D eigenvalue weighted by molar-refractivity contribution is -0.138. The lowest BCUT2D eigenvalue weighted by Gasteiger charge is -2.11. The van der Waals surface area contributed by atoms with Crippen molar-refractivity contribution in [2.24, 2.45) is 0 Å². The highest BCUT2D eigenvalue weighted by Gasteiger charge is 2.14. The van der Waals surface area contributed by atoms with Gasteiger partial charge in [-0.3, -0.25) is 9.59 Å². The van der Waals surface area contributed by atoms with Gasteiger partial charge in [0, 0.05) is 0 Å². The van der Waals surface area contributed by atoms with Crippen LogP contribution in [0.15, 0.2) is 60.7 Å². The van der Waals surface area contributed by atoms with Crippen molar-refractivity contribution in [3.05, 3.63) is 77.4 Å². The molecule has 3 heteroatoms. The maximum absolute atomic E-state index is 11.1. The molecule has 3 nitrogen and oxygen atoms in total. The van der Waals surface area contributed by atoms with Crippen LogP contribution in [0.3, 0.4) is 0 Å². The van der Waals surface area contributed by atoms with Crippen molar-refractivity contribution in [3.63, 3.8) is 0 Å². The Hall–Kier alpha value is -2.68. The van der Waals surface area contributed by atoms with Gasteiger partial charge in [0.2, 0.25) is 0 Å². The predicted octanol–water partition coefficient (Wildman–Crippen LogP) is 3.51. The summed E-state index contributed by atoms with van der Waals surface area (Å²) in [4.78, 5) is 22.0. The Morgan fingerprint density at radius 1 is 1.05 bits per heavy atom. The topological polar surface area (TPSA) is 54.4 Å².